The van der Waals surface area contributed by atoms with Crippen LogP contribution in [-0.4, -0.2) is 5.91 Å². The SMILES string of the molecule is Cc1ccc([C@@H](NC(=O)c2ccc(OCc3ccccc3Cl)cc2)c2ccccc2)cc1. The molecule has 0 aromatic heterocycles. The van der Waals surface area contributed by atoms with Crippen LogP contribution in [0.5, 0.6) is 5.75 Å². The molecule has 0 saturated carbocycles. The smallest absolute Gasteiger partial charge is 0.252 e. The molecule has 1 amide bonds. The van der Waals surface area contributed by atoms with Crippen molar-refractivity contribution in [3.63, 3.8) is 0 Å². The zero-order valence-corrected chi connectivity index (χ0v) is 18.5. The number of amides is 1. The van der Waals surface area contributed by atoms with Gasteiger partial charge in [0.25, 0.3) is 5.91 Å². The molecule has 0 aliphatic carbocycles. The molecule has 3 nitrogen and oxygen atoms in total. The Morgan fingerprint density at radius 1 is 0.812 bits per heavy atom. The van der Waals surface area contributed by atoms with E-state index in [1.54, 1.807) is 24.3 Å². The van der Waals surface area contributed by atoms with Crippen molar-refractivity contribution >= 4 is 17.5 Å². The Kier molecular flexibility index (Phi) is 6.88. The molecule has 0 bridgehead atoms. The monoisotopic (exact) mass is 441 g/mol. The van der Waals surface area contributed by atoms with Crippen molar-refractivity contribution in [2.24, 2.45) is 0 Å². The zero-order valence-electron chi connectivity index (χ0n) is 17.8. The van der Waals surface area contributed by atoms with E-state index in [9.17, 15) is 4.79 Å². The lowest BCUT2D eigenvalue weighted by Crippen LogP contribution is -2.29. The highest BCUT2D eigenvalue weighted by atomic mass is 35.5. The van der Waals surface area contributed by atoms with Gasteiger partial charge in [-0.3, -0.25) is 4.79 Å². The second kappa shape index (κ2) is 10.2. The molecular weight excluding hydrogens is 418 g/mol. The topological polar surface area (TPSA) is 38.3 Å². The molecule has 0 heterocycles. The van der Waals surface area contributed by atoms with Crippen molar-refractivity contribution in [1.82, 2.24) is 5.32 Å². The first-order chi connectivity index (χ1) is 15.6. The molecule has 1 N–H and O–H groups in total. The number of aryl methyl sites for hydroxylation is 1. The molecule has 0 saturated heterocycles. The molecule has 1 atom stereocenters. The molecule has 32 heavy (non-hydrogen) atoms. The molecule has 0 aliphatic rings. The van der Waals surface area contributed by atoms with Gasteiger partial charge in [0.2, 0.25) is 0 Å². The van der Waals surface area contributed by atoms with Crippen LogP contribution in [0, 0.1) is 6.92 Å². The third-order valence-corrected chi connectivity index (χ3v) is 5.66. The largest absolute Gasteiger partial charge is 0.489 e. The van der Waals surface area contributed by atoms with Gasteiger partial charge in [0.15, 0.2) is 0 Å². The van der Waals surface area contributed by atoms with Crippen LogP contribution in [0.3, 0.4) is 0 Å². The van der Waals surface area contributed by atoms with E-state index in [1.807, 2.05) is 54.6 Å². The number of nitrogens with one attached hydrogen (secondary N) is 1. The minimum absolute atomic E-state index is 0.142. The summed E-state index contributed by atoms with van der Waals surface area (Å²) in [5.41, 5.74) is 4.74. The van der Waals surface area contributed by atoms with Gasteiger partial charge in [0.1, 0.15) is 12.4 Å². The number of carbonyl (C=O) groups is 1. The third kappa shape index (κ3) is 5.37. The van der Waals surface area contributed by atoms with Gasteiger partial charge >= 0.3 is 0 Å². The molecule has 4 aromatic carbocycles. The first-order valence-corrected chi connectivity index (χ1v) is 10.9. The lowest BCUT2D eigenvalue weighted by Gasteiger charge is -2.20. The zero-order chi connectivity index (χ0) is 22.3. The van der Waals surface area contributed by atoms with Gasteiger partial charge in [-0.15, -0.1) is 0 Å². The maximum atomic E-state index is 13.0. The maximum Gasteiger partial charge on any atom is 0.252 e. The molecule has 0 fully saturated rings. The maximum absolute atomic E-state index is 13.0. The van der Waals surface area contributed by atoms with E-state index in [2.05, 4.69) is 36.5 Å². The predicted octanol–water partition coefficient (Wildman–Crippen LogP) is 6.75. The van der Waals surface area contributed by atoms with Crippen LogP contribution >= 0.6 is 11.6 Å². The fourth-order valence-electron chi connectivity index (χ4n) is 3.46. The normalized spacial score (nSPS) is 11.6. The highest BCUT2D eigenvalue weighted by Crippen LogP contribution is 2.24. The fourth-order valence-corrected chi connectivity index (χ4v) is 3.65. The van der Waals surface area contributed by atoms with Crippen LogP contribution in [0.4, 0.5) is 0 Å². The van der Waals surface area contributed by atoms with Crippen molar-refractivity contribution in [2.45, 2.75) is 19.6 Å². The summed E-state index contributed by atoms with van der Waals surface area (Å²) in [6.45, 7) is 2.42. The van der Waals surface area contributed by atoms with Gasteiger partial charge in [-0.2, -0.15) is 0 Å². The summed E-state index contributed by atoms with van der Waals surface area (Å²) in [6, 6.07) is 32.7. The van der Waals surface area contributed by atoms with Crippen molar-refractivity contribution in [3.05, 3.63) is 136 Å². The summed E-state index contributed by atoms with van der Waals surface area (Å²) in [7, 11) is 0. The summed E-state index contributed by atoms with van der Waals surface area (Å²) in [5, 5.41) is 3.85. The Labute approximate surface area is 193 Å². The van der Waals surface area contributed by atoms with Crippen molar-refractivity contribution in [1.29, 1.82) is 0 Å². The Hall–Kier alpha value is -3.56. The minimum atomic E-state index is -0.236. The van der Waals surface area contributed by atoms with Crippen molar-refractivity contribution in [2.75, 3.05) is 0 Å². The molecule has 4 heteroatoms. The standard InChI is InChI=1S/C28H24ClNO2/c1-20-11-13-22(14-12-20)27(21-7-3-2-4-8-21)30-28(31)23-15-17-25(18-16-23)32-19-24-9-5-6-10-26(24)29/h2-18,27H,19H2,1H3,(H,30,31)/t27-/m0/s1. The number of rotatable bonds is 7. The van der Waals surface area contributed by atoms with Crippen molar-refractivity contribution in [3.8, 4) is 5.75 Å². The van der Waals surface area contributed by atoms with Crippen LogP contribution in [0.2, 0.25) is 5.02 Å². The number of carbonyl (C=O) groups excluding carboxylic acids is 1. The first-order valence-electron chi connectivity index (χ1n) is 10.5. The Morgan fingerprint density at radius 3 is 2.12 bits per heavy atom. The van der Waals surface area contributed by atoms with Gasteiger partial charge in [-0.25, -0.2) is 0 Å². The van der Waals surface area contributed by atoms with E-state index in [0.29, 0.717) is 22.9 Å². The van der Waals surface area contributed by atoms with Crippen LogP contribution in [0.1, 0.15) is 38.7 Å². The molecule has 0 aliphatic heterocycles. The van der Waals surface area contributed by atoms with Crippen molar-refractivity contribution < 1.29 is 9.53 Å². The van der Waals surface area contributed by atoms with Gasteiger partial charge in [-0.1, -0.05) is 90.0 Å². The summed E-state index contributed by atoms with van der Waals surface area (Å²) >= 11 is 6.18. The van der Waals surface area contributed by atoms with E-state index in [0.717, 1.165) is 16.7 Å². The highest BCUT2D eigenvalue weighted by molar-refractivity contribution is 6.31. The first kappa shape index (κ1) is 21.7. The van der Waals surface area contributed by atoms with Crippen LogP contribution in [-0.2, 0) is 6.61 Å². The second-order valence-electron chi connectivity index (χ2n) is 7.63. The fraction of sp³-hybridized carbons (Fsp3) is 0.107. The average Bonchev–Trinajstić information content (AvgIpc) is 2.83. The third-order valence-electron chi connectivity index (χ3n) is 5.29. The lowest BCUT2D eigenvalue weighted by molar-refractivity contribution is 0.0943. The van der Waals surface area contributed by atoms with E-state index in [-0.39, 0.29) is 11.9 Å². The highest BCUT2D eigenvalue weighted by Gasteiger charge is 2.18. The van der Waals surface area contributed by atoms with E-state index < -0.39 is 0 Å². The van der Waals surface area contributed by atoms with Gasteiger partial charge in [0.05, 0.1) is 6.04 Å². The summed E-state index contributed by atoms with van der Waals surface area (Å²) in [6.07, 6.45) is 0. The van der Waals surface area contributed by atoms with Crippen LogP contribution < -0.4 is 10.1 Å². The minimum Gasteiger partial charge on any atom is -0.489 e. The summed E-state index contributed by atoms with van der Waals surface area (Å²) < 4.78 is 5.82. The van der Waals surface area contributed by atoms with Gasteiger partial charge in [0, 0.05) is 16.1 Å². The Bertz CT molecular complexity index is 1170. The molecule has 0 radical (unpaired) electrons. The summed E-state index contributed by atoms with van der Waals surface area (Å²) in [5.74, 6) is 0.539. The van der Waals surface area contributed by atoms with Gasteiger partial charge in [-0.05, 0) is 48.4 Å². The number of hydrogen-bond donors (Lipinski definition) is 1. The molecular formula is C28H24ClNO2. The number of halogens is 1. The van der Waals surface area contributed by atoms with E-state index in [4.69, 9.17) is 16.3 Å². The molecule has 0 spiro atoms. The van der Waals surface area contributed by atoms with Crippen LogP contribution in [0.15, 0.2) is 103 Å². The Balaban J connectivity index is 1.47. The Morgan fingerprint density at radius 2 is 1.44 bits per heavy atom. The van der Waals surface area contributed by atoms with Crippen LogP contribution in [0.25, 0.3) is 0 Å². The predicted molar refractivity (Wildman–Crippen MR) is 129 cm³/mol. The number of benzene rings is 4. The molecule has 0 unspecified atom stereocenters. The molecule has 160 valence electrons. The second-order valence-corrected chi connectivity index (χ2v) is 8.04. The number of ether oxygens (including phenoxy) is 1. The molecule has 4 aromatic rings. The lowest BCUT2D eigenvalue weighted by atomic mass is 9.97. The van der Waals surface area contributed by atoms with Gasteiger partial charge < -0.3 is 10.1 Å². The average molecular weight is 442 g/mol. The van der Waals surface area contributed by atoms with E-state index in [1.165, 1.54) is 5.56 Å². The molecule has 4 rings (SSSR count). The van der Waals surface area contributed by atoms with E-state index >= 15 is 0 Å². The number of hydrogen-bond acceptors (Lipinski definition) is 2. The quantitative estimate of drug-likeness (QED) is 0.344. The summed E-state index contributed by atoms with van der Waals surface area (Å²) in [4.78, 5) is 13.0.